The number of hydrogen-bond donors (Lipinski definition) is 1. The molecule has 3 heterocycles. The Balaban J connectivity index is 1.76. The van der Waals surface area contributed by atoms with Crippen LogP contribution in [0.1, 0.15) is 11.1 Å². The van der Waals surface area contributed by atoms with Gasteiger partial charge in [0.05, 0.1) is 24.2 Å². The van der Waals surface area contributed by atoms with Crippen LogP contribution in [-0.2, 0) is 27.9 Å². The third-order valence-corrected chi connectivity index (χ3v) is 5.32. The highest BCUT2D eigenvalue weighted by atomic mass is 32.2. The second-order valence-corrected chi connectivity index (χ2v) is 7.75. The van der Waals surface area contributed by atoms with Gasteiger partial charge in [0.15, 0.2) is 5.65 Å². The molecule has 144 valence electrons. The molecule has 0 saturated heterocycles. The Kier molecular flexibility index (Phi) is 4.36. The van der Waals surface area contributed by atoms with Crippen molar-refractivity contribution >= 4 is 32.8 Å². The van der Waals surface area contributed by atoms with Gasteiger partial charge in [0.2, 0.25) is 15.9 Å². The van der Waals surface area contributed by atoms with Gasteiger partial charge in [-0.25, -0.2) is 23.3 Å². The van der Waals surface area contributed by atoms with Crippen LogP contribution in [0.4, 0.5) is 10.5 Å². The van der Waals surface area contributed by atoms with Crippen LogP contribution in [0.5, 0.6) is 5.88 Å². The first-order valence-corrected chi connectivity index (χ1v) is 9.80. The zero-order valence-corrected chi connectivity index (χ0v) is 15.6. The smallest absolute Gasteiger partial charge is 0.414 e. The highest BCUT2D eigenvalue weighted by Gasteiger charge is 2.28. The summed E-state index contributed by atoms with van der Waals surface area (Å²) in [5.74, 6) is 0.420. The van der Waals surface area contributed by atoms with Crippen LogP contribution in [0.15, 0.2) is 47.5 Å². The maximum absolute atomic E-state index is 12.5. The second-order valence-electron chi connectivity index (χ2n) is 6.19. The Hall–Kier alpha value is -3.24. The zero-order chi connectivity index (χ0) is 19.9. The van der Waals surface area contributed by atoms with Crippen molar-refractivity contribution in [3.8, 4) is 5.88 Å². The minimum absolute atomic E-state index is 0.00353. The number of pyridine rings is 2. The molecule has 28 heavy (non-hydrogen) atoms. The van der Waals surface area contributed by atoms with Crippen LogP contribution < -0.4 is 14.8 Å². The van der Waals surface area contributed by atoms with E-state index in [2.05, 4.69) is 9.97 Å². The van der Waals surface area contributed by atoms with Crippen molar-refractivity contribution in [1.29, 1.82) is 0 Å². The molecule has 1 aliphatic rings. The molecular formula is C18H16N4O5S. The lowest BCUT2D eigenvalue weighted by molar-refractivity contribution is 0.141. The van der Waals surface area contributed by atoms with E-state index in [0.29, 0.717) is 28.2 Å². The van der Waals surface area contributed by atoms with E-state index in [0.717, 1.165) is 5.56 Å². The fourth-order valence-corrected chi connectivity index (χ4v) is 3.56. The largest absolute Gasteiger partial charge is 0.481 e. The van der Waals surface area contributed by atoms with Crippen LogP contribution in [-0.4, -0.2) is 31.6 Å². The molecule has 1 amide bonds. The lowest BCUT2D eigenvalue weighted by atomic mass is 10.1. The molecule has 0 spiro atoms. The molecule has 0 unspecified atom stereocenters. The molecule has 0 saturated carbocycles. The number of primary sulfonamides is 1. The summed E-state index contributed by atoms with van der Waals surface area (Å²) in [4.78, 5) is 22.6. The Morgan fingerprint density at radius 2 is 1.96 bits per heavy atom. The van der Waals surface area contributed by atoms with Gasteiger partial charge in [0.25, 0.3) is 0 Å². The van der Waals surface area contributed by atoms with Crippen LogP contribution >= 0.6 is 0 Å². The van der Waals surface area contributed by atoms with Gasteiger partial charge >= 0.3 is 6.09 Å². The van der Waals surface area contributed by atoms with Crippen LogP contribution in [0.3, 0.4) is 0 Å². The number of sulfonamides is 1. The molecule has 0 radical (unpaired) electrons. The number of amides is 1. The maximum atomic E-state index is 12.5. The molecule has 0 aliphatic carbocycles. The first-order chi connectivity index (χ1) is 13.4. The number of nitrogens with zero attached hydrogens (tertiary/aromatic N) is 3. The van der Waals surface area contributed by atoms with E-state index in [9.17, 15) is 13.2 Å². The Bertz CT molecular complexity index is 1180. The van der Waals surface area contributed by atoms with Gasteiger partial charge in [0, 0.05) is 23.2 Å². The number of anilines is 1. The SMILES string of the molecule is COc1ccc2c3c(cnc2n1)COC(=O)N3Cc1ccc(S(N)(=O)=O)cc1. The lowest BCUT2D eigenvalue weighted by Crippen LogP contribution is -2.35. The standard InChI is InChI=1S/C18H16N4O5S/c1-26-15-7-6-14-16-12(8-20-17(14)21-15)10-27-18(23)22(16)9-11-2-4-13(5-3-11)28(19,24)25/h2-8H,9-10H2,1H3,(H2,19,24,25). The number of ether oxygens (including phenoxy) is 2. The van der Waals surface area contributed by atoms with E-state index in [1.54, 1.807) is 30.5 Å². The Morgan fingerprint density at radius 3 is 2.64 bits per heavy atom. The van der Waals surface area contributed by atoms with Crippen molar-refractivity contribution in [2.45, 2.75) is 18.0 Å². The van der Waals surface area contributed by atoms with Gasteiger partial charge in [0.1, 0.15) is 6.61 Å². The van der Waals surface area contributed by atoms with Crippen molar-refractivity contribution in [3.63, 3.8) is 0 Å². The van der Waals surface area contributed by atoms with E-state index < -0.39 is 16.1 Å². The average Bonchev–Trinajstić information content (AvgIpc) is 2.69. The predicted molar refractivity (Wildman–Crippen MR) is 100 cm³/mol. The molecule has 2 N–H and O–H groups in total. The molecule has 0 atom stereocenters. The van der Waals surface area contributed by atoms with Gasteiger partial charge in [-0.2, -0.15) is 4.98 Å². The summed E-state index contributed by atoms with van der Waals surface area (Å²) in [5, 5.41) is 5.82. The number of benzene rings is 1. The topological polar surface area (TPSA) is 125 Å². The number of carbonyl (C=O) groups excluding carboxylic acids is 1. The predicted octanol–water partition coefficient (Wildman–Crippen LogP) is 1.94. The lowest BCUT2D eigenvalue weighted by Gasteiger charge is -2.29. The van der Waals surface area contributed by atoms with Crippen molar-refractivity contribution in [3.05, 3.63) is 53.7 Å². The molecule has 1 aromatic carbocycles. The molecule has 4 rings (SSSR count). The van der Waals surface area contributed by atoms with E-state index in [1.165, 1.54) is 24.1 Å². The first kappa shape index (κ1) is 18.1. The normalized spacial score (nSPS) is 13.9. The van der Waals surface area contributed by atoms with E-state index in [-0.39, 0.29) is 18.0 Å². The van der Waals surface area contributed by atoms with Crippen LogP contribution in [0.2, 0.25) is 0 Å². The molecule has 9 nitrogen and oxygen atoms in total. The highest BCUT2D eigenvalue weighted by Crippen LogP contribution is 2.35. The van der Waals surface area contributed by atoms with Crippen molar-refractivity contribution in [2.24, 2.45) is 5.14 Å². The second kappa shape index (κ2) is 6.73. The third-order valence-electron chi connectivity index (χ3n) is 4.39. The molecule has 0 fully saturated rings. The summed E-state index contributed by atoms with van der Waals surface area (Å²) in [6.07, 6.45) is 1.11. The third kappa shape index (κ3) is 3.23. The summed E-state index contributed by atoms with van der Waals surface area (Å²) in [5.41, 5.74) is 2.57. The molecule has 10 heteroatoms. The molecule has 1 aliphatic heterocycles. The van der Waals surface area contributed by atoms with Gasteiger partial charge in [-0.05, 0) is 23.8 Å². The van der Waals surface area contributed by atoms with Gasteiger partial charge in [-0.1, -0.05) is 12.1 Å². The van der Waals surface area contributed by atoms with Crippen LogP contribution in [0, 0.1) is 0 Å². The summed E-state index contributed by atoms with van der Waals surface area (Å²) in [6, 6.07) is 9.50. The van der Waals surface area contributed by atoms with E-state index >= 15 is 0 Å². The number of carbonyl (C=O) groups is 1. The van der Waals surface area contributed by atoms with Crippen LogP contribution in [0.25, 0.3) is 11.0 Å². The number of fused-ring (bicyclic) bond motifs is 3. The Morgan fingerprint density at radius 1 is 1.21 bits per heavy atom. The monoisotopic (exact) mass is 400 g/mol. The van der Waals surface area contributed by atoms with Gasteiger partial charge < -0.3 is 9.47 Å². The van der Waals surface area contributed by atoms with E-state index in [1.807, 2.05) is 0 Å². The van der Waals surface area contributed by atoms with Gasteiger partial charge in [-0.3, -0.25) is 4.90 Å². The van der Waals surface area contributed by atoms with Gasteiger partial charge in [-0.15, -0.1) is 0 Å². The maximum Gasteiger partial charge on any atom is 0.414 e. The molecular weight excluding hydrogens is 384 g/mol. The highest BCUT2D eigenvalue weighted by molar-refractivity contribution is 7.89. The van der Waals surface area contributed by atoms with Crippen molar-refractivity contribution in [2.75, 3.05) is 12.0 Å². The zero-order valence-electron chi connectivity index (χ0n) is 14.8. The number of nitrogens with two attached hydrogens (primary N) is 1. The summed E-state index contributed by atoms with van der Waals surface area (Å²) >= 11 is 0. The fourth-order valence-electron chi connectivity index (χ4n) is 3.04. The number of rotatable bonds is 4. The van der Waals surface area contributed by atoms with Crippen molar-refractivity contribution in [1.82, 2.24) is 9.97 Å². The molecule has 0 bridgehead atoms. The van der Waals surface area contributed by atoms with E-state index in [4.69, 9.17) is 14.6 Å². The molecule has 2 aromatic heterocycles. The first-order valence-electron chi connectivity index (χ1n) is 8.25. The minimum Gasteiger partial charge on any atom is -0.481 e. The number of cyclic esters (lactones) is 1. The number of aromatic nitrogens is 2. The molecule has 3 aromatic rings. The minimum atomic E-state index is -3.78. The summed E-state index contributed by atoms with van der Waals surface area (Å²) < 4.78 is 33.2. The number of hydrogen-bond acceptors (Lipinski definition) is 7. The summed E-state index contributed by atoms with van der Waals surface area (Å²) in [6.45, 7) is 0.297. The van der Waals surface area contributed by atoms with Crippen molar-refractivity contribution < 1.29 is 22.7 Å². The summed E-state index contributed by atoms with van der Waals surface area (Å²) in [7, 11) is -2.27. The average molecular weight is 400 g/mol. The quantitative estimate of drug-likeness (QED) is 0.709. The Labute approximate surface area is 160 Å². The fraction of sp³-hybridized carbons (Fsp3) is 0.167. The number of methoxy groups -OCH3 is 1.